The summed E-state index contributed by atoms with van der Waals surface area (Å²) < 4.78 is 4.83. The highest BCUT2D eigenvalue weighted by Crippen LogP contribution is 2.19. The fourth-order valence-electron chi connectivity index (χ4n) is 3.02. The highest BCUT2D eigenvalue weighted by atomic mass is 16.6. The third-order valence-corrected chi connectivity index (χ3v) is 4.43. The third kappa shape index (κ3) is 4.35. The van der Waals surface area contributed by atoms with Gasteiger partial charge in [-0.05, 0) is 17.2 Å². The van der Waals surface area contributed by atoms with E-state index >= 15 is 0 Å². The van der Waals surface area contributed by atoms with E-state index in [2.05, 4.69) is 10.3 Å². The zero-order valence-corrected chi connectivity index (χ0v) is 15.2. The number of benzene rings is 2. The molecule has 1 unspecified atom stereocenters. The number of nitrogens with zero attached hydrogens (tertiary/aromatic N) is 1. The van der Waals surface area contributed by atoms with Crippen molar-refractivity contribution in [1.82, 2.24) is 10.3 Å². The first kappa shape index (κ1) is 19.1. The molecule has 1 heterocycles. The molecule has 2 aromatic carbocycles. The van der Waals surface area contributed by atoms with Crippen LogP contribution in [-0.4, -0.2) is 34.9 Å². The molecule has 8 nitrogen and oxygen atoms in total. The molecule has 1 amide bonds. The van der Waals surface area contributed by atoms with Gasteiger partial charge in [-0.15, -0.1) is 0 Å². The molecule has 0 aliphatic rings. The van der Waals surface area contributed by atoms with Gasteiger partial charge in [0.1, 0.15) is 6.04 Å². The molecule has 1 atom stereocenters. The lowest BCUT2D eigenvalue weighted by Crippen LogP contribution is -2.43. The van der Waals surface area contributed by atoms with Gasteiger partial charge in [-0.3, -0.25) is 14.9 Å². The number of H-pyrrole nitrogens is 1. The average molecular weight is 381 g/mol. The molecule has 0 saturated carbocycles. The number of amides is 1. The van der Waals surface area contributed by atoms with Crippen LogP contribution in [0.15, 0.2) is 54.7 Å². The van der Waals surface area contributed by atoms with E-state index in [4.69, 9.17) is 4.74 Å². The molecule has 8 heteroatoms. The van der Waals surface area contributed by atoms with Crippen LogP contribution in [0.25, 0.3) is 10.9 Å². The van der Waals surface area contributed by atoms with E-state index in [9.17, 15) is 19.7 Å². The summed E-state index contributed by atoms with van der Waals surface area (Å²) in [4.78, 5) is 37.9. The molecule has 0 saturated heterocycles. The van der Waals surface area contributed by atoms with Crippen molar-refractivity contribution >= 4 is 28.5 Å². The molecular formula is C20H19N3O5. The number of rotatable bonds is 7. The number of hydrogen-bond donors (Lipinski definition) is 2. The molecule has 28 heavy (non-hydrogen) atoms. The number of nitrogens with one attached hydrogen (secondary N) is 2. The van der Waals surface area contributed by atoms with Gasteiger partial charge in [0.15, 0.2) is 0 Å². The second-order valence-corrected chi connectivity index (χ2v) is 6.31. The molecule has 0 fully saturated rings. The van der Waals surface area contributed by atoms with Gasteiger partial charge in [-0.1, -0.05) is 30.3 Å². The van der Waals surface area contributed by atoms with E-state index < -0.39 is 16.9 Å². The van der Waals surface area contributed by atoms with E-state index in [-0.39, 0.29) is 24.4 Å². The van der Waals surface area contributed by atoms with E-state index in [1.165, 1.54) is 31.4 Å². The molecule has 1 aromatic heterocycles. The normalized spacial score (nSPS) is 11.8. The van der Waals surface area contributed by atoms with Crippen molar-refractivity contribution in [2.24, 2.45) is 0 Å². The Balaban J connectivity index is 1.70. The summed E-state index contributed by atoms with van der Waals surface area (Å²) >= 11 is 0. The van der Waals surface area contributed by atoms with Crippen molar-refractivity contribution in [3.63, 3.8) is 0 Å². The molecule has 0 aliphatic carbocycles. The molecule has 2 N–H and O–H groups in total. The molecule has 0 bridgehead atoms. The van der Waals surface area contributed by atoms with Gasteiger partial charge in [-0.2, -0.15) is 0 Å². The minimum absolute atomic E-state index is 0.000622. The number of aromatic amines is 1. The van der Waals surface area contributed by atoms with Crippen LogP contribution in [0.2, 0.25) is 0 Å². The molecule has 3 aromatic rings. The first-order chi connectivity index (χ1) is 13.5. The standard InChI is InChI=1S/C20H19N3O5/c1-28-20(25)18(11-14-12-21-17-5-3-2-4-16(14)17)22-19(24)10-13-6-8-15(9-7-13)23(26)27/h2-9,12,18,21H,10-11H2,1H3,(H,22,24). The van der Waals surface area contributed by atoms with E-state index in [1.54, 1.807) is 0 Å². The van der Waals surface area contributed by atoms with E-state index in [0.29, 0.717) is 5.56 Å². The fourth-order valence-corrected chi connectivity index (χ4v) is 3.02. The van der Waals surface area contributed by atoms with E-state index in [1.807, 2.05) is 30.5 Å². The number of aromatic nitrogens is 1. The minimum atomic E-state index is -0.838. The van der Waals surface area contributed by atoms with Crippen LogP contribution in [0.1, 0.15) is 11.1 Å². The van der Waals surface area contributed by atoms with Crippen LogP contribution >= 0.6 is 0 Å². The summed E-state index contributed by atoms with van der Waals surface area (Å²) in [5.74, 6) is -0.911. The second-order valence-electron chi connectivity index (χ2n) is 6.31. The van der Waals surface area contributed by atoms with Gasteiger partial charge in [0.25, 0.3) is 5.69 Å². The predicted molar refractivity (Wildman–Crippen MR) is 103 cm³/mol. The number of fused-ring (bicyclic) bond motifs is 1. The Labute approximate surface area is 160 Å². The first-order valence-electron chi connectivity index (χ1n) is 8.63. The number of non-ortho nitro benzene ring substituents is 1. The zero-order valence-electron chi connectivity index (χ0n) is 15.2. The van der Waals surface area contributed by atoms with Crippen molar-refractivity contribution in [3.8, 4) is 0 Å². The maximum absolute atomic E-state index is 12.4. The maximum atomic E-state index is 12.4. The largest absolute Gasteiger partial charge is 0.467 e. The van der Waals surface area contributed by atoms with Crippen LogP contribution in [0.3, 0.4) is 0 Å². The summed E-state index contributed by atoms with van der Waals surface area (Å²) in [7, 11) is 1.27. The third-order valence-electron chi connectivity index (χ3n) is 4.43. The number of nitro benzene ring substituents is 1. The number of hydrogen-bond acceptors (Lipinski definition) is 5. The summed E-state index contributed by atoms with van der Waals surface area (Å²) in [6.07, 6.45) is 2.09. The van der Waals surface area contributed by atoms with Crippen LogP contribution in [0.5, 0.6) is 0 Å². The molecule has 0 aliphatic heterocycles. The average Bonchev–Trinajstić information content (AvgIpc) is 3.10. The second kappa shape index (κ2) is 8.34. The van der Waals surface area contributed by atoms with Crippen molar-refractivity contribution < 1.29 is 19.2 Å². The Kier molecular flexibility index (Phi) is 5.69. The number of carbonyl (C=O) groups is 2. The summed E-state index contributed by atoms with van der Waals surface area (Å²) in [5.41, 5.74) is 2.40. The van der Waals surface area contributed by atoms with Gasteiger partial charge in [0, 0.05) is 35.7 Å². The first-order valence-corrected chi connectivity index (χ1v) is 8.63. The Hall–Kier alpha value is -3.68. The quantitative estimate of drug-likeness (QED) is 0.371. The number of ether oxygens (including phenoxy) is 1. The van der Waals surface area contributed by atoms with Crippen molar-refractivity contribution in [1.29, 1.82) is 0 Å². The number of para-hydroxylation sites is 1. The van der Waals surface area contributed by atoms with Crippen LogP contribution in [0.4, 0.5) is 5.69 Å². The van der Waals surface area contributed by atoms with Crippen molar-refractivity contribution in [3.05, 3.63) is 76.0 Å². The van der Waals surface area contributed by atoms with Crippen molar-refractivity contribution in [2.45, 2.75) is 18.9 Å². The molecule has 3 rings (SSSR count). The Bertz CT molecular complexity index is 1010. The number of carbonyl (C=O) groups excluding carboxylic acids is 2. The summed E-state index contributed by atoms with van der Waals surface area (Å²) in [6.45, 7) is 0. The van der Waals surface area contributed by atoms with Gasteiger partial charge >= 0.3 is 5.97 Å². The number of methoxy groups -OCH3 is 1. The molecule has 0 spiro atoms. The Morgan fingerprint density at radius 1 is 1.18 bits per heavy atom. The van der Waals surface area contributed by atoms with Gasteiger partial charge in [0.05, 0.1) is 18.5 Å². The Morgan fingerprint density at radius 3 is 2.57 bits per heavy atom. The zero-order chi connectivity index (χ0) is 20.1. The van der Waals surface area contributed by atoms with E-state index in [0.717, 1.165) is 16.5 Å². The maximum Gasteiger partial charge on any atom is 0.328 e. The highest BCUT2D eigenvalue weighted by molar-refractivity contribution is 5.88. The monoisotopic (exact) mass is 381 g/mol. The van der Waals surface area contributed by atoms with Crippen LogP contribution in [-0.2, 0) is 27.2 Å². The lowest BCUT2D eigenvalue weighted by atomic mass is 10.0. The minimum Gasteiger partial charge on any atom is -0.467 e. The molecule has 144 valence electrons. The Morgan fingerprint density at radius 2 is 1.89 bits per heavy atom. The summed E-state index contributed by atoms with van der Waals surface area (Å²) in [5, 5.41) is 14.4. The molecule has 0 radical (unpaired) electrons. The van der Waals surface area contributed by atoms with Crippen LogP contribution in [0, 0.1) is 10.1 Å². The molecular weight excluding hydrogens is 362 g/mol. The summed E-state index contributed by atoms with van der Waals surface area (Å²) in [6, 6.07) is 12.6. The van der Waals surface area contributed by atoms with Crippen molar-refractivity contribution in [2.75, 3.05) is 7.11 Å². The highest BCUT2D eigenvalue weighted by Gasteiger charge is 2.23. The van der Waals surface area contributed by atoms with Crippen LogP contribution < -0.4 is 5.32 Å². The topological polar surface area (TPSA) is 114 Å². The fraction of sp³-hybridized carbons (Fsp3) is 0.200. The smallest absolute Gasteiger partial charge is 0.328 e. The SMILES string of the molecule is COC(=O)C(Cc1c[nH]c2ccccc12)NC(=O)Cc1ccc([N+](=O)[O-])cc1. The number of esters is 1. The van der Waals surface area contributed by atoms with Gasteiger partial charge in [-0.25, -0.2) is 4.79 Å². The lowest BCUT2D eigenvalue weighted by Gasteiger charge is -2.16. The van der Waals surface area contributed by atoms with Gasteiger partial charge < -0.3 is 15.0 Å². The predicted octanol–water partition coefficient (Wildman–Crippen LogP) is 2.52. The number of nitro groups is 1. The lowest BCUT2D eigenvalue weighted by molar-refractivity contribution is -0.384. The van der Waals surface area contributed by atoms with Gasteiger partial charge in [0.2, 0.25) is 5.91 Å².